The number of para-hydroxylation sites is 1. The van der Waals surface area contributed by atoms with Gasteiger partial charge in [-0.05, 0) is 30.9 Å². The number of benzene rings is 1. The maximum atomic E-state index is 12.6. The highest BCUT2D eigenvalue weighted by Gasteiger charge is 2.31. The van der Waals surface area contributed by atoms with E-state index in [1.807, 2.05) is 28.0 Å². The molecule has 2 fully saturated rings. The molecule has 0 spiro atoms. The lowest BCUT2D eigenvalue weighted by molar-refractivity contribution is -0.118. The summed E-state index contributed by atoms with van der Waals surface area (Å²) in [5.41, 5.74) is 2.37. The smallest absolute Gasteiger partial charge is 0.317 e. The van der Waals surface area contributed by atoms with Crippen molar-refractivity contribution in [2.45, 2.75) is 31.7 Å². The Morgan fingerprint density at radius 3 is 2.68 bits per heavy atom. The number of anilines is 1. The van der Waals surface area contributed by atoms with E-state index in [0.717, 1.165) is 64.2 Å². The van der Waals surface area contributed by atoms with E-state index in [1.165, 1.54) is 5.56 Å². The lowest BCUT2D eigenvalue weighted by Gasteiger charge is -2.36. The number of amides is 3. The van der Waals surface area contributed by atoms with Crippen LogP contribution in [0.1, 0.15) is 24.8 Å². The zero-order chi connectivity index (χ0) is 17.2. The number of carbonyl (C=O) groups is 2. The Kier molecular flexibility index (Phi) is 4.61. The number of hydrogen-bond donors (Lipinski definition) is 1. The van der Waals surface area contributed by atoms with Crippen LogP contribution < -0.4 is 10.2 Å². The van der Waals surface area contributed by atoms with E-state index in [-0.39, 0.29) is 11.9 Å². The van der Waals surface area contributed by atoms with Gasteiger partial charge >= 0.3 is 6.03 Å². The molecule has 3 amide bonds. The van der Waals surface area contributed by atoms with Gasteiger partial charge in [-0.1, -0.05) is 18.2 Å². The van der Waals surface area contributed by atoms with Crippen LogP contribution in [0.15, 0.2) is 24.3 Å². The van der Waals surface area contributed by atoms with Crippen LogP contribution in [-0.4, -0.2) is 67.0 Å². The number of urea groups is 1. The summed E-state index contributed by atoms with van der Waals surface area (Å²) in [6.45, 7) is 5.17. The van der Waals surface area contributed by atoms with Gasteiger partial charge in [-0.3, -0.25) is 4.79 Å². The lowest BCUT2D eigenvalue weighted by atomic mass is 10.0. The van der Waals surface area contributed by atoms with Crippen molar-refractivity contribution < 1.29 is 9.59 Å². The van der Waals surface area contributed by atoms with Crippen molar-refractivity contribution in [3.8, 4) is 0 Å². The largest absolute Gasteiger partial charge is 0.336 e. The first-order chi connectivity index (χ1) is 12.2. The fraction of sp³-hybridized carbons (Fsp3) is 0.579. The summed E-state index contributed by atoms with van der Waals surface area (Å²) >= 11 is 0. The van der Waals surface area contributed by atoms with Crippen LogP contribution in [0, 0.1) is 0 Å². The molecule has 3 heterocycles. The van der Waals surface area contributed by atoms with Gasteiger partial charge in [0.2, 0.25) is 5.91 Å². The predicted molar refractivity (Wildman–Crippen MR) is 96.7 cm³/mol. The first-order valence-electron chi connectivity index (χ1n) is 9.37. The number of nitrogens with zero attached hydrogens (tertiary/aromatic N) is 3. The number of piperidine rings is 1. The zero-order valence-corrected chi connectivity index (χ0v) is 14.6. The highest BCUT2D eigenvalue weighted by molar-refractivity contribution is 5.95. The molecule has 3 aliphatic heterocycles. The van der Waals surface area contributed by atoms with Crippen LogP contribution in [0.4, 0.5) is 10.5 Å². The summed E-state index contributed by atoms with van der Waals surface area (Å²) in [5, 5.41) is 2.88. The third-order valence-electron chi connectivity index (χ3n) is 5.72. The maximum absolute atomic E-state index is 12.6. The first kappa shape index (κ1) is 16.4. The highest BCUT2D eigenvalue weighted by atomic mass is 16.2. The van der Waals surface area contributed by atoms with E-state index in [2.05, 4.69) is 16.3 Å². The average Bonchev–Trinajstić information content (AvgIpc) is 3.26. The van der Waals surface area contributed by atoms with Gasteiger partial charge in [-0.25, -0.2) is 4.79 Å². The summed E-state index contributed by atoms with van der Waals surface area (Å²) < 4.78 is 0. The number of rotatable bonds is 4. The second kappa shape index (κ2) is 7.04. The van der Waals surface area contributed by atoms with Gasteiger partial charge in [-0.15, -0.1) is 0 Å². The second-order valence-corrected chi connectivity index (χ2v) is 7.17. The Hall–Kier alpha value is -2.08. The number of hydrogen-bond acceptors (Lipinski definition) is 3. The van der Waals surface area contributed by atoms with E-state index < -0.39 is 0 Å². The molecule has 3 aliphatic rings. The van der Waals surface area contributed by atoms with E-state index in [4.69, 9.17) is 0 Å². The molecule has 0 radical (unpaired) electrons. The van der Waals surface area contributed by atoms with Crippen molar-refractivity contribution >= 4 is 17.6 Å². The van der Waals surface area contributed by atoms with Crippen LogP contribution in [0.25, 0.3) is 0 Å². The van der Waals surface area contributed by atoms with Crippen molar-refractivity contribution in [3.63, 3.8) is 0 Å². The molecule has 4 rings (SSSR count). The highest BCUT2D eigenvalue weighted by Crippen LogP contribution is 2.28. The number of fused-ring (bicyclic) bond motifs is 1. The molecular weight excluding hydrogens is 316 g/mol. The van der Waals surface area contributed by atoms with E-state index in [9.17, 15) is 9.59 Å². The summed E-state index contributed by atoms with van der Waals surface area (Å²) in [5.74, 6) is 0.228. The van der Waals surface area contributed by atoms with Gasteiger partial charge < -0.3 is 20.0 Å². The van der Waals surface area contributed by atoms with Crippen LogP contribution in [0.3, 0.4) is 0 Å². The Morgan fingerprint density at radius 2 is 1.92 bits per heavy atom. The first-order valence-corrected chi connectivity index (χ1v) is 9.37. The number of carbonyl (C=O) groups excluding carboxylic acids is 2. The average molecular weight is 342 g/mol. The predicted octanol–water partition coefficient (Wildman–Crippen LogP) is 1.46. The minimum atomic E-state index is 0.0846. The lowest BCUT2D eigenvalue weighted by Crippen LogP contribution is -2.46. The number of nitrogens with one attached hydrogen (secondary N) is 1. The molecule has 0 atom stereocenters. The molecule has 2 saturated heterocycles. The van der Waals surface area contributed by atoms with Gasteiger partial charge in [0.05, 0.1) is 0 Å². The Labute approximate surface area is 148 Å². The van der Waals surface area contributed by atoms with Gasteiger partial charge in [0.15, 0.2) is 0 Å². The standard InChI is InChI=1S/C19H26N4O2/c24-18(23-13-5-15-3-1-2-4-17(15)23)8-12-21-10-6-16(7-11-21)22-14-9-20-19(22)25/h1-4,16H,5-14H2,(H,20,25). The molecule has 134 valence electrons. The van der Waals surface area contributed by atoms with Crippen LogP contribution in [0.5, 0.6) is 0 Å². The third-order valence-corrected chi connectivity index (χ3v) is 5.72. The van der Waals surface area contributed by atoms with Gasteiger partial charge in [0.25, 0.3) is 0 Å². The zero-order valence-electron chi connectivity index (χ0n) is 14.6. The Bertz CT molecular complexity index is 655. The monoisotopic (exact) mass is 342 g/mol. The molecule has 0 aromatic heterocycles. The molecule has 6 heteroatoms. The third kappa shape index (κ3) is 3.35. The van der Waals surface area contributed by atoms with Gasteiger partial charge in [0.1, 0.15) is 0 Å². The van der Waals surface area contributed by atoms with Crippen molar-refractivity contribution in [2.75, 3.05) is 44.2 Å². The maximum Gasteiger partial charge on any atom is 0.317 e. The fourth-order valence-electron chi connectivity index (χ4n) is 4.28. The molecule has 1 N–H and O–H groups in total. The van der Waals surface area contributed by atoms with Crippen LogP contribution in [0.2, 0.25) is 0 Å². The fourth-order valence-corrected chi connectivity index (χ4v) is 4.28. The van der Waals surface area contributed by atoms with Crippen molar-refractivity contribution in [2.24, 2.45) is 0 Å². The molecule has 1 aromatic rings. The van der Waals surface area contributed by atoms with E-state index in [0.29, 0.717) is 12.5 Å². The molecule has 0 aliphatic carbocycles. The topological polar surface area (TPSA) is 55.9 Å². The number of likely N-dealkylation sites (tertiary alicyclic amines) is 1. The molecule has 25 heavy (non-hydrogen) atoms. The molecule has 0 saturated carbocycles. The van der Waals surface area contributed by atoms with Crippen LogP contribution >= 0.6 is 0 Å². The van der Waals surface area contributed by atoms with Crippen molar-refractivity contribution in [1.82, 2.24) is 15.1 Å². The van der Waals surface area contributed by atoms with E-state index in [1.54, 1.807) is 0 Å². The van der Waals surface area contributed by atoms with Gasteiger partial charge in [-0.2, -0.15) is 0 Å². The minimum absolute atomic E-state index is 0.0846. The quantitative estimate of drug-likeness (QED) is 0.901. The normalized spacial score (nSPS) is 21.5. The summed E-state index contributed by atoms with van der Waals surface area (Å²) in [6.07, 6.45) is 3.55. The molecule has 1 aromatic carbocycles. The summed E-state index contributed by atoms with van der Waals surface area (Å²) in [7, 11) is 0. The second-order valence-electron chi connectivity index (χ2n) is 7.17. The van der Waals surface area contributed by atoms with Crippen molar-refractivity contribution in [1.29, 1.82) is 0 Å². The summed E-state index contributed by atoms with van der Waals surface area (Å²) in [4.78, 5) is 30.7. The SMILES string of the molecule is O=C(CCN1CCC(N2CCNC2=O)CC1)N1CCc2ccccc21. The van der Waals surface area contributed by atoms with Gasteiger partial charge in [0, 0.05) is 57.4 Å². The molecular formula is C19H26N4O2. The summed E-state index contributed by atoms with van der Waals surface area (Å²) in [6, 6.07) is 8.65. The minimum Gasteiger partial charge on any atom is -0.336 e. The van der Waals surface area contributed by atoms with Crippen LogP contribution in [-0.2, 0) is 11.2 Å². The molecule has 0 unspecified atom stereocenters. The Balaban J connectivity index is 1.25. The molecule has 0 bridgehead atoms. The van der Waals surface area contributed by atoms with E-state index >= 15 is 0 Å². The molecule has 6 nitrogen and oxygen atoms in total. The Morgan fingerprint density at radius 1 is 1.12 bits per heavy atom. The van der Waals surface area contributed by atoms with Crippen molar-refractivity contribution in [3.05, 3.63) is 29.8 Å².